The first-order valence-electron chi connectivity index (χ1n) is 11.9. The van der Waals surface area contributed by atoms with Crippen molar-refractivity contribution in [1.29, 1.82) is 0 Å². The highest BCUT2D eigenvalue weighted by Gasteiger charge is 2.24. The number of hydrogen-bond donors (Lipinski definition) is 0. The second-order valence-corrected chi connectivity index (χ2v) is 8.70. The minimum atomic E-state index is -0.235. The zero-order chi connectivity index (χ0) is 24.1. The van der Waals surface area contributed by atoms with Crippen molar-refractivity contribution in [1.82, 2.24) is 14.5 Å². The van der Waals surface area contributed by atoms with Gasteiger partial charge in [0, 0.05) is 24.0 Å². The third kappa shape index (κ3) is 5.02. The van der Waals surface area contributed by atoms with Crippen molar-refractivity contribution in [3.8, 4) is 5.69 Å². The van der Waals surface area contributed by atoms with Gasteiger partial charge in [0.1, 0.15) is 0 Å². The maximum absolute atomic E-state index is 13.5. The maximum Gasteiger partial charge on any atom is 0.306 e. The van der Waals surface area contributed by atoms with Crippen molar-refractivity contribution in [3.63, 3.8) is 0 Å². The fourth-order valence-electron chi connectivity index (χ4n) is 4.68. The third-order valence-electron chi connectivity index (χ3n) is 6.35. The number of hydrogen-bond acceptors (Lipinski definition) is 5. The molecule has 1 fully saturated rings. The summed E-state index contributed by atoms with van der Waals surface area (Å²) in [4.78, 5) is 35.7. The summed E-state index contributed by atoms with van der Waals surface area (Å²) in [6, 6.07) is 9.35. The summed E-state index contributed by atoms with van der Waals surface area (Å²) in [5, 5.41) is 0. The molecule has 0 spiro atoms. The molecule has 1 aromatic carbocycles. The van der Waals surface area contributed by atoms with Crippen LogP contribution in [0, 0.1) is 13.5 Å². The van der Waals surface area contributed by atoms with Gasteiger partial charge in [-0.15, -0.1) is 0 Å². The lowest BCUT2D eigenvalue weighted by atomic mass is 10.1. The van der Waals surface area contributed by atoms with Gasteiger partial charge >= 0.3 is 5.97 Å². The molecule has 0 amide bonds. The average molecular weight is 459 g/mol. The molecule has 0 N–H and O–H groups in total. The van der Waals surface area contributed by atoms with E-state index >= 15 is 0 Å². The normalized spacial score (nSPS) is 14.1. The Morgan fingerprint density at radius 2 is 1.88 bits per heavy atom. The van der Waals surface area contributed by atoms with Gasteiger partial charge in [0.05, 0.1) is 36.3 Å². The smallest absolute Gasteiger partial charge is 0.306 e. The topological polar surface area (TPSA) is 68.8 Å². The number of benzene rings is 1. The molecule has 7 nitrogen and oxygen atoms in total. The Hall–Kier alpha value is -3.50. The van der Waals surface area contributed by atoms with Crippen molar-refractivity contribution in [3.05, 3.63) is 64.8 Å². The molecule has 1 aliphatic rings. The number of carbonyl (C=O) groups excluding carboxylic acids is 2. The Morgan fingerprint density at radius 3 is 2.56 bits per heavy atom. The average Bonchev–Trinajstić information content (AvgIpc) is 3.14. The van der Waals surface area contributed by atoms with Gasteiger partial charge in [-0.25, -0.2) is 4.85 Å². The Balaban J connectivity index is 1.75. The van der Waals surface area contributed by atoms with Crippen LogP contribution in [0.25, 0.3) is 21.6 Å². The first-order valence-corrected chi connectivity index (χ1v) is 11.9. The quantitative estimate of drug-likeness (QED) is 0.268. The lowest BCUT2D eigenvalue weighted by molar-refractivity contribution is -0.143. The van der Waals surface area contributed by atoms with Crippen LogP contribution in [-0.2, 0) is 16.0 Å². The van der Waals surface area contributed by atoms with Crippen LogP contribution in [-0.4, -0.2) is 52.4 Å². The number of esters is 1. The number of pyridine rings is 1. The Morgan fingerprint density at radius 1 is 1.15 bits per heavy atom. The first-order chi connectivity index (χ1) is 16.5. The van der Waals surface area contributed by atoms with Crippen LogP contribution < -0.4 is 0 Å². The highest BCUT2D eigenvalue weighted by molar-refractivity contribution is 6.09. The van der Waals surface area contributed by atoms with E-state index in [9.17, 15) is 9.59 Å². The zero-order valence-electron chi connectivity index (χ0n) is 19.8. The standard InChI is InChI=1S/C27H30N4O3/c1-4-34-25(33)13-8-20-16-23-27(29-17-20)26(24(32)18-30-14-6-5-7-15-30)19(2)31(23)22-11-9-21(28-3)10-12-22/h9-12,16-17H,4-8,13-15,18H2,1-2H3. The number of likely N-dealkylation sites (tertiary alicyclic amines) is 1. The summed E-state index contributed by atoms with van der Waals surface area (Å²) < 4.78 is 7.09. The summed E-state index contributed by atoms with van der Waals surface area (Å²) in [7, 11) is 0. The minimum absolute atomic E-state index is 0.0766. The summed E-state index contributed by atoms with van der Waals surface area (Å²) in [5.41, 5.74) is 5.33. The number of ether oxygens (including phenoxy) is 1. The van der Waals surface area contributed by atoms with E-state index in [0.29, 0.717) is 36.3 Å². The third-order valence-corrected chi connectivity index (χ3v) is 6.35. The van der Waals surface area contributed by atoms with Crippen LogP contribution in [0.3, 0.4) is 0 Å². The van der Waals surface area contributed by atoms with E-state index in [4.69, 9.17) is 16.3 Å². The molecule has 0 saturated carbocycles. The van der Waals surface area contributed by atoms with Gasteiger partial charge in [-0.1, -0.05) is 18.6 Å². The summed E-state index contributed by atoms with van der Waals surface area (Å²) >= 11 is 0. The molecule has 176 valence electrons. The molecule has 4 rings (SSSR count). The summed E-state index contributed by atoms with van der Waals surface area (Å²) in [5.74, 6) is -0.158. The Bertz CT molecular complexity index is 1230. The number of rotatable bonds is 8. The largest absolute Gasteiger partial charge is 0.466 e. The van der Waals surface area contributed by atoms with Crippen molar-refractivity contribution in [2.24, 2.45) is 0 Å². The second kappa shape index (κ2) is 10.6. The molecule has 1 saturated heterocycles. The van der Waals surface area contributed by atoms with Crippen LogP contribution in [0.5, 0.6) is 0 Å². The molecule has 7 heteroatoms. The van der Waals surface area contributed by atoms with E-state index in [1.54, 1.807) is 25.3 Å². The van der Waals surface area contributed by atoms with Crippen LogP contribution in [0.4, 0.5) is 5.69 Å². The molecule has 0 aliphatic carbocycles. The lowest BCUT2D eigenvalue weighted by Gasteiger charge is -2.25. The lowest BCUT2D eigenvalue weighted by Crippen LogP contribution is -2.34. The number of Topliss-reactive ketones (excluding diaryl/α,β-unsaturated/α-hetero) is 1. The predicted octanol–water partition coefficient (Wildman–Crippen LogP) is 5.05. The van der Waals surface area contributed by atoms with E-state index in [1.165, 1.54) is 6.42 Å². The fourth-order valence-corrected chi connectivity index (χ4v) is 4.68. The molecule has 3 heterocycles. The van der Waals surface area contributed by atoms with Gasteiger partial charge in [0.25, 0.3) is 0 Å². The number of nitrogens with zero attached hydrogens (tertiary/aromatic N) is 4. The van der Waals surface area contributed by atoms with Crippen LogP contribution in [0.2, 0.25) is 0 Å². The molecular weight excluding hydrogens is 428 g/mol. The maximum atomic E-state index is 13.5. The minimum Gasteiger partial charge on any atom is -0.466 e. The molecule has 0 radical (unpaired) electrons. The molecule has 34 heavy (non-hydrogen) atoms. The van der Waals surface area contributed by atoms with Crippen molar-refractivity contribution < 1.29 is 14.3 Å². The molecule has 0 bridgehead atoms. The number of fused-ring (bicyclic) bond motifs is 1. The van der Waals surface area contributed by atoms with Gasteiger partial charge in [-0.2, -0.15) is 0 Å². The molecule has 2 aromatic heterocycles. The molecule has 0 unspecified atom stereocenters. The number of ketones is 1. The van der Waals surface area contributed by atoms with Crippen LogP contribution in [0.1, 0.15) is 54.2 Å². The van der Waals surface area contributed by atoms with Gasteiger partial charge in [0.2, 0.25) is 0 Å². The first kappa shape index (κ1) is 23.7. The number of carbonyl (C=O) groups is 2. The van der Waals surface area contributed by atoms with Crippen molar-refractivity contribution in [2.75, 3.05) is 26.2 Å². The van der Waals surface area contributed by atoms with E-state index in [2.05, 4.69) is 9.74 Å². The molecular formula is C27H30N4O3. The van der Waals surface area contributed by atoms with Gasteiger partial charge in [-0.3, -0.25) is 19.5 Å². The molecule has 1 aliphatic heterocycles. The van der Waals surface area contributed by atoms with Gasteiger partial charge in [0.15, 0.2) is 11.5 Å². The van der Waals surface area contributed by atoms with Gasteiger partial charge in [-0.05, 0) is 70.0 Å². The second-order valence-electron chi connectivity index (χ2n) is 8.70. The SMILES string of the molecule is [C-]#[N+]c1ccc(-n2c(C)c(C(=O)CN3CCCCC3)c3ncc(CCC(=O)OCC)cc32)cc1. The number of aryl methyl sites for hydroxylation is 1. The van der Waals surface area contributed by atoms with Crippen molar-refractivity contribution in [2.45, 2.75) is 46.0 Å². The van der Waals surface area contributed by atoms with E-state index in [1.807, 2.05) is 29.7 Å². The van der Waals surface area contributed by atoms with Gasteiger partial charge < -0.3 is 9.30 Å². The number of piperidine rings is 1. The van der Waals surface area contributed by atoms with E-state index in [0.717, 1.165) is 48.4 Å². The molecule has 3 aromatic rings. The molecule has 0 atom stereocenters. The fraction of sp³-hybridized carbons (Fsp3) is 0.407. The summed E-state index contributed by atoms with van der Waals surface area (Å²) in [6.07, 6.45) is 6.03. The van der Waals surface area contributed by atoms with Crippen LogP contribution >= 0.6 is 0 Å². The summed E-state index contributed by atoms with van der Waals surface area (Å²) in [6.45, 7) is 13.6. The zero-order valence-corrected chi connectivity index (χ0v) is 19.8. The highest BCUT2D eigenvalue weighted by Crippen LogP contribution is 2.30. The predicted molar refractivity (Wildman–Crippen MR) is 132 cm³/mol. The highest BCUT2D eigenvalue weighted by atomic mass is 16.5. The Kier molecular flexibility index (Phi) is 7.39. The van der Waals surface area contributed by atoms with E-state index in [-0.39, 0.29) is 18.2 Å². The Labute approximate surface area is 200 Å². The van der Waals surface area contributed by atoms with Crippen molar-refractivity contribution >= 4 is 28.5 Å². The van der Waals surface area contributed by atoms with Crippen LogP contribution in [0.15, 0.2) is 36.5 Å². The van der Waals surface area contributed by atoms with E-state index < -0.39 is 0 Å². The number of aromatic nitrogens is 2. The monoisotopic (exact) mass is 458 g/mol.